The number of benzene rings is 2. The van der Waals surface area contributed by atoms with Crippen LogP contribution in [0, 0.1) is 3.57 Å². The summed E-state index contributed by atoms with van der Waals surface area (Å²) in [6.45, 7) is 9.18. The molecule has 4 rings (SSSR count). The average molecular weight is 532 g/mol. The van der Waals surface area contributed by atoms with Crippen molar-refractivity contribution in [2.45, 2.75) is 26.8 Å². The molecule has 0 spiro atoms. The summed E-state index contributed by atoms with van der Waals surface area (Å²) in [6.07, 6.45) is 2.52. The van der Waals surface area contributed by atoms with Crippen molar-refractivity contribution in [2.24, 2.45) is 0 Å². The van der Waals surface area contributed by atoms with Crippen LogP contribution in [0.1, 0.15) is 25.8 Å². The topological polar surface area (TPSA) is 52.6 Å². The summed E-state index contributed by atoms with van der Waals surface area (Å²) in [4.78, 5) is 11.8. The molecular formula is C25H27INO4+. The second-order valence-electron chi connectivity index (χ2n) is 7.90. The van der Waals surface area contributed by atoms with Gasteiger partial charge in [0.2, 0.25) is 5.75 Å². The first-order valence-electron chi connectivity index (χ1n) is 10.7. The standard InChI is InChI=1S/C25H27INO4/c1-3-27(4-2,17-18-6-9-21(26)10-7-18)13-5-14-29-25-23-20(12-15-30-23)16-19-8-11-22(28)31-24(19)25/h6-12,15-16H,3-5,13-14,17H2,1-2H3/q+1. The molecule has 0 aliphatic heterocycles. The Morgan fingerprint density at radius 3 is 2.45 bits per heavy atom. The van der Waals surface area contributed by atoms with Crippen molar-refractivity contribution >= 4 is 44.5 Å². The third-order valence-electron chi connectivity index (χ3n) is 6.08. The number of ether oxygens (including phenoxy) is 1. The maximum atomic E-state index is 11.8. The normalized spacial score (nSPS) is 12.0. The molecule has 162 valence electrons. The summed E-state index contributed by atoms with van der Waals surface area (Å²) in [6, 6.07) is 15.8. The first-order valence-corrected chi connectivity index (χ1v) is 11.8. The van der Waals surface area contributed by atoms with Crippen LogP contribution >= 0.6 is 22.6 Å². The van der Waals surface area contributed by atoms with E-state index in [1.807, 2.05) is 12.1 Å². The SMILES string of the molecule is CC[N+](CC)(CCCOc1c2occc2cc2ccc(=O)oc12)Cc1ccc(I)cc1. The molecule has 0 unspecified atom stereocenters. The van der Waals surface area contributed by atoms with Crippen LogP contribution in [-0.4, -0.2) is 30.7 Å². The highest BCUT2D eigenvalue weighted by Gasteiger charge is 2.24. The van der Waals surface area contributed by atoms with E-state index in [1.54, 1.807) is 12.3 Å². The largest absolute Gasteiger partial charge is 0.486 e. The third-order valence-corrected chi connectivity index (χ3v) is 6.80. The Bertz CT molecular complexity index is 1220. The zero-order chi connectivity index (χ0) is 21.8. The van der Waals surface area contributed by atoms with E-state index in [2.05, 4.69) is 60.7 Å². The van der Waals surface area contributed by atoms with Crippen molar-refractivity contribution in [1.82, 2.24) is 0 Å². The van der Waals surface area contributed by atoms with Crippen LogP contribution in [0.4, 0.5) is 0 Å². The molecule has 0 aliphatic carbocycles. The summed E-state index contributed by atoms with van der Waals surface area (Å²) >= 11 is 2.34. The third kappa shape index (κ3) is 4.80. The lowest BCUT2D eigenvalue weighted by molar-refractivity contribution is -0.938. The van der Waals surface area contributed by atoms with Crippen molar-refractivity contribution in [3.8, 4) is 5.75 Å². The summed E-state index contributed by atoms with van der Waals surface area (Å²) < 4.78 is 19.5. The highest BCUT2D eigenvalue weighted by molar-refractivity contribution is 14.1. The fraction of sp³-hybridized carbons (Fsp3) is 0.320. The minimum Gasteiger partial charge on any atom is -0.486 e. The van der Waals surface area contributed by atoms with Crippen molar-refractivity contribution < 1.29 is 18.1 Å². The lowest BCUT2D eigenvalue weighted by atomic mass is 10.1. The van der Waals surface area contributed by atoms with Gasteiger partial charge in [-0.15, -0.1) is 0 Å². The summed E-state index contributed by atoms with van der Waals surface area (Å²) in [5, 5.41) is 1.76. The second kappa shape index (κ2) is 9.44. The van der Waals surface area contributed by atoms with E-state index < -0.39 is 5.63 Å². The molecule has 0 fully saturated rings. The molecule has 6 heteroatoms. The number of furan rings is 1. The molecule has 0 saturated carbocycles. The maximum Gasteiger partial charge on any atom is 0.336 e. The Morgan fingerprint density at radius 2 is 1.71 bits per heavy atom. The lowest BCUT2D eigenvalue weighted by Gasteiger charge is -2.37. The van der Waals surface area contributed by atoms with Crippen molar-refractivity contribution in [3.63, 3.8) is 0 Å². The molecule has 2 aromatic carbocycles. The molecule has 0 saturated heterocycles. The highest BCUT2D eigenvalue weighted by Crippen LogP contribution is 2.35. The monoisotopic (exact) mass is 532 g/mol. The molecular weight excluding hydrogens is 505 g/mol. The Labute approximate surface area is 195 Å². The van der Waals surface area contributed by atoms with Gasteiger partial charge in [-0.1, -0.05) is 12.1 Å². The number of quaternary nitrogens is 1. The van der Waals surface area contributed by atoms with Crippen LogP contribution in [0.2, 0.25) is 0 Å². The number of halogens is 1. The van der Waals surface area contributed by atoms with Gasteiger partial charge in [-0.2, -0.15) is 0 Å². The van der Waals surface area contributed by atoms with Gasteiger partial charge in [-0.05, 0) is 66.8 Å². The quantitative estimate of drug-likeness (QED) is 0.115. The number of hydrogen-bond acceptors (Lipinski definition) is 4. The number of rotatable bonds is 9. The Kier molecular flexibility index (Phi) is 6.67. The van der Waals surface area contributed by atoms with E-state index in [1.165, 1.54) is 15.2 Å². The predicted molar refractivity (Wildman–Crippen MR) is 131 cm³/mol. The van der Waals surface area contributed by atoms with E-state index in [9.17, 15) is 4.79 Å². The van der Waals surface area contributed by atoms with Gasteiger partial charge < -0.3 is 18.1 Å². The zero-order valence-electron chi connectivity index (χ0n) is 17.9. The van der Waals surface area contributed by atoms with Crippen LogP contribution < -0.4 is 10.4 Å². The molecule has 0 aliphatic rings. The zero-order valence-corrected chi connectivity index (χ0v) is 20.1. The second-order valence-corrected chi connectivity index (χ2v) is 9.15. The molecule has 0 atom stereocenters. The van der Waals surface area contributed by atoms with Crippen LogP contribution in [-0.2, 0) is 6.54 Å². The molecule has 2 heterocycles. The summed E-state index contributed by atoms with van der Waals surface area (Å²) in [5.74, 6) is 0.513. The van der Waals surface area contributed by atoms with E-state index in [4.69, 9.17) is 13.6 Å². The van der Waals surface area contributed by atoms with Gasteiger partial charge in [0.15, 0.2) is 11.2 Å². The number of fused-ring (bicyclic) bond motifs is 2. The van der Waals surface area contributed by atoms with Gasteiger partial charge >= 0.3 is 5.63 Å². The van der Waals surface area contributed by atoms with Crippen LogP contribution in [0.5, 0.6) is 5.75 Å². The van der Waals surface area contributed by atoms with Crippen LogP contribution in [0.3, 0.4) is 0 Å². The van der Waals surface area contributed by atoms with Crippen LogP contribution in [0.15, 0.2) is 68.4 Å². The fourth-order valence-corrected chi connectivity index (χ4v) is 4.49. The molecule has 0 N–H and O–H groups in total. The first-order chi connectivity index (χ1) is 15.0. The van der Waals surface area contributed by atoms with E-state index in [0.29, 0.717) is 23.5 Å². The molecule has 2 aromatic heterocycles. The first kappa shape index (κ1) is 21.9. The Morgan fingerprint density at radius 1 is 0.968 bits per heavy atom. The van der Waals surface area contributed by atoms with Crippen molar-refractivity contribution in [3.05, 3.63) is 74.3 Å². The van der Waals surface area contributed by atoms with Gasteiger partial charge in [0, 0.05) is 32.4 Å². The van der Waals surface area contributed by atoms with Gasteiger partial charge in [0.1, 0.15) is 6.54 Å². The molecule has 0 radical (unpaired) electrons. The van der Waals surface area contributed by atoms with Gasteiger partial charge in [0.25, 0.3) is 0 Å². The smallest absolute Gasteiger partial charge is 0.336 e. The van der Waals surface area contributed by atoms with Gasteiger partial charge in [-0.25, -0.2) is 4.79 Å². The molecule has 31 heavy (non-hydrogen) atoms. The highest BCUT2D eigenvalue weighted by atomic mass is 127. The average Bonchev–Trinajstić information content (AvgIpc) is 3.25. The van der Waals surface area contributed by atoms with Crippen LogP contribution in [0.25, 0.3) is 21.9 Å². The molecule has 0 bridgehead atoms. The van der Waals surface area contributed by atoms with Gasteiger partial charge in [-0.3, -0.25) is 0 Å². The number of hydrogen-bond donors (Lipinski definition) is 0. The molecule has 0 amide bonds. The Balaban J connectivity index is 1.49. The summed E-state index contributed by atoms with van der Waals surface area (Å²) in [7, 11) is 0. The van der Waals surface area contributed by atoms with Gasteiger partial charge in [0.05, 0.1) is 32.5 Å². The van der Waals surface area contributed by atoms with E-state index in [0.717, 1.165) is 47.9 Å². The predicted octanol–water partition coefficient (Wildman–Crippen LogP) is 5.97. The van der Waals surface area contributed by atoms with E-state index >= 15 is 0 Å². The van der Waals surface area contributed by atoms with Crippen molar-refractivity contribution in [1.29, 1.82) is 0 Å². The minimum absolute atomic E-state index is 0.395. The number of nitrogens with zero attached hydrogens (tertiary/aromatic N) is 1. The fourth-order valence-electron chi connectivity index (χ4n) is 4.13. The maximum absolute atomic E-state index is 11.8. The summed E-state index contributed by atoms with van der Waals surface area (Å²) in [5.41, 5.74) is 2.03. The van der Waals surface area contributed by atoms with Crippen molar-refractivity contribution in [2.75, 3.05) is 26.2 Å². The molecule has 4 aromatic rings. The Hall–Kier alpha value is -2.32. The minimum atomic E-state index is -0.395. The van der Waals surface area contributed by atoms with E-state index in [-0.39, 0.29) is 0 Å². The lowest BCUT2D eigenvalue weighted by Crippen LogP contribution is -2.48. The molecule has 5 nitrogen and oxygen atoms in total.